The highest BCUT2D eigenvalue weighted by Crippen LogP contribution is 2.47. The summed E-state index contributed by atoms with van der Waals surface area (Å²) in [7, 11) is 0. The van der Waals surface area contributed by atoms with E-state index in [1.807, 2.05) is 0 Å². The quantitative estimate of drug-likeness (QED) is 0.0515. The smallest absolute Gasteiger partial charge is 0.317 e. The van der Waals surface area contributed by atoms with E-state index in [2.05, 4.69) is 4.74 Å². The highest BCUT2D eigenvalue weighted by Gasteiger charge is 2.48. The third kappa shape index (κ3) is 7.59. The van der Waals surface area contributed by atoms with Crippen LogP contribution in [0.25, 0.3) is 6.08 Å². The highest BCUT2D eigenvalue weighted by atomic mass is 16.7. The summed E-state index contributed by atoms with van der Waals surface area (Å²) in [5, 5.41) is 112. The van der Waals surface area contributed by atoms with E-state index in [-0.39, 0.29) is 28.4 Å². The maximum absolute atomic E-state index is 11.8. The number of benzene rings is 2. The topological polar surface area (TPSA) is 316 Å². The van der Waals surface area contributed by atoms with Crippen molar-refractivity contribution < 1.29 is 94.2 Å². The zero-order chi connectivity index (χ0) is 35.7. The predicted molar refractivity (Wildman–Crippen MR) is 156 cm³/mol. The Morgan fingerprint density at radius 2 is 1.41 bits per heavy atom. The number of hydrogen-bond donors (Lipinski definition) is 11. The lowest BCUT2D eigenvalue weighted by Gasteiger charge is -2.41. The van der Waals surface area contributed by atoms with Crippen molar-refractivity contribution in [3.63, 3.8) is 0 Å². The van der Waals surface area contributed by atoms with Gasteiger partial charge in [-0.2, -0.15) is 0 Å². The van der Waals surface area contributed by atoms with E-state index in [4.69, 9.17) is 28.8 Å². The fourth-order valence-corrected chi connectivity index (χ4v) is 5.34. The largest absolute Gasteiger partial charge is 0.571 e. The van der Waals surface area contributed by atoms with Crippen molar-refractivity contribution in [1.29, 1.82) is 0 Å². The first-order valence-electron chi connectivity index (χ1n) is 14.7. The Bertz CT molecular complexity index is 1560. The SMILES string of the molecule is O=C(O)CC(=O)OCC1OC(OC2=Cc3c(OC4OC(CO)C(O)C(O)C4O)cc(O)cc3[OH+]C2c2ccc(O)c(O)c2)C(O)C(O)C1O. The minimum absolute atomic E-state index is 0.0355. The molecule has 11 unspecified atom stereocenters. The standard InChI is InChI=1S/C30H34O19/c31-8-18-22(38)24(40)26(42)29(48-18)46-16-5-11(32)4-15-12(16)6-17(28(45-15)10-1-2-13(33)14(34)3-10)47-30-27(43)25(41)23(39)19(49-30)9-44-21(37)7-20(35)36/h1-6,18-19,22-34,38-43H,7-9H2,(H,35,36)/p+1. The Hall–Kier alpha value is -4.44. The van der Waals surface area contributed by atoms with Crippen LogP contribution < -0.4 is 4.74 Å². The molecule has 3 heterocycles. The number of ether oxygens (including phenoxy) is 6. The van der Waals surface area contributed by atoms with Crippen LogP contribution in [0.1, 0.15) is 23.7 Å². The summed E-state index contributed by atoms with van der Waals surface area (Å²) in [6.07, 6.45) is -18.2. The number of carboxylic acids is 1. The zero-order valence-electron chi connectivity index (χ0n) is 25.2. The van der Waals surface area contributed by atoms with Gasteiger partial charge in [0.15, 0.2) is 17.3 Å². The monoisotopic (exact) mass is 699 g/mol. The third-order valence-electron chi connectivity index (χ3n) is 7.96. The molecule has 2 saturated heterocycles. The molecule has 12 N–H and O–H groups in total. The third-order valence-corrected chi connectivity index (χ3v) is 7.96. The van der Waals surface area contributed by atoms with Gasteiger partial charge in [-0.1, -0.05) is 0 Å². The molecule has 268 valence electrons. The summed E-state index contributed by atoms with van der Waals surface area (Å²) in [6.45, 7) is -1.49. The first kappa shape index (κ1) is 35.9. The van der Waals surface area contributed by atoms with Gasteiger partial charge in [0.25, 0.3) is 11.9 Å². The second kappa shape index (κ2) is 14.6. The summed E-state index contributed by atoms with van der Waals surface area (Å²) < 4.78 is 32.1. The van der Waals surface area contributed by atoms with Gasteiger partial charge in [0.1, 0.15) is 78.9 Å². The molecule has 3 aliphatic rings. The highest BCUT2D eigenvalue weighted by molar-refractivity contribution is 5.90. The van der Waals surface area contributed by atoms with E-state index < -0.39 is 116 Å². The Kier molecular flexibility index (Phi) is 10.7. The molecule has 19 nitrogen and oxygen atoms in total. The molecule has 49 heavy (non-hydrogen) atoms. The van der Waals surface area contributed by atoms with Crippen molar-refractivity contribution in [2.45, 2.75) is 73.9 Å². The van der Waals surface area contributed by atoms with E-state index >= 15 is 0 Å². The van der Waals surface area contributed by atoms with Gasteiger partial charge >= 0.3 is 11.9 Å². The molecule has 19 heteroatoms. The number of hydrogen-bond acceptors (Lipinski definition) is 17. The minimum Gasteiger partial charge on any atom is -0.571 e. The van der Waals surface area contributed by atoms with Crippen LogP contribution in [0.5, 0.6) is 28.7 Å². The van der Waals surface area contributed by atoms with Crippen LogP contribution in [-0.2, 0) is 28.5 Å². The van der Waals surface area contributed by atoms with E-state index in [1.165, 1.54) is 18.2 Å². The van der Waals surface area contributed by atoms with E-state index in [1.54, 1.807) is 0 Å². The van der Waals surface area contributed by atoms with Crippen molar-refractivity contribution in [2.75, 3.05) is 13.2 Å². The van der Waals surface area contributed by atoms with Crippen LogP contribution >= 0.6 is 0 Å². The Morgan fingerprint density at radius 1 is 0.776 bits per heavy atom. The molecule has 2 aromatic carbocycles. The molecule has 0 saturated carbocycles. The van der Waals surface area contributed by atoms with Gasteiger partial charge < -0.3 is 84.6 Å². The van der Waals surface area contributed by atoms with Gasteiger partial charge in [-0.05, 0) is 18.2 Å². The van der Waals surface area contributed by atoms with Crippen molar-refractivity contribution in [2.24, 2.45) is 0 Å². The zero-order valence-corrected chi connectivity index (χ0v) is 25.2. The van der Waals surface area contributed by atoms with Crippen molar-refractivity contribution >= 4 is 18.0 Å². The van der Waals surface area contributed by atoms with Crippen molar-refractivity contribution in [3.8, 4) is 28.7 Å². The summed E-state index contributed by atoms with van der Waals surface area (Å²) >= 11 is 0. The van der Waals surface area contributed by atoms with Gasteiger partial charge in [-0.25, -0.2) is 0 Å². The molecule has 5 rings (SSSR count). The molecular weight excluding hydrogens is 664 g/mol. The fraction of sp³-hybridized carbons (Fsp3) is 0.467. The predicted octanol–water partition coefficient (Wildman–Crippen LogP) is -2.84. The Morgan fingerprint density at radius 3 is 2.04 bits per heavy atom. The van der Waals surface area contributed by atoms with Gasteiger partial charge in [-0.15, -0.1) is 0 Å². The van der Waals surface area contributed by atoms with E-state index in [9.17, 15) is 60.7 Å². The minimum atomic E-state index is -1.93. The summed E-state index contributed by atoms with van der Waals surface area (Å²) in [5.74, 6) is -4.43. The molecular formula is C30H35O19+. The molecule has 0 aromatic heterocycles. The number of carboxylic acid groups (broad SMARTS) is 1. The van der Waals surface area contributed by atoms with Crippen LogP contribution in [0.4, 0.5) is 0 Å². The number of esters is 1. The van der Waals surface area contributed by atoms with Gasteiger partial charge in [0.05, 0.1) is 18.2 Å². The van der Waals surface area contributed by atoms with E-state index in [0.717, 1.165) is 18.2 Å². The van der Waals surface area contributed by atoms with Crippen molar-refractivity contribution in [3.05, 3.63) is 47.2 Å². The van der Waals surface area contributed by atoms with Crippen LogP contribution in [0.2, 0.25) is 0 Å². The summed E-state index contributed by atoms with van der Waals surface area (Å²) in [4.78, 5) is 22.6. The maximum Gasteiger partial charge on any atom is 0.317 e. The van der Waals surface area contributed by atoms with E-state index in [0.29, 0.717) is 0 Å². The van der Waals surface area contributed by atoms with Gasteiger partial charge in [0, 0.05) is 12.1 Å². The number of carbonyl (C=O) groups is 2. The van der Waals surface area contributed by atoms with Crippen molar-refractivity contribution in [1.82, 2.24) is 0 Å². The molecule has 0 amide bonds. The molecule has 0 spiro atoms. The Balaban J connectivity index is 1.49. The summed E-state index contributed by atoms with van der Waals surface area (Å²) in [5.41, 5.74) is 0.242. The van der Waals surface area contributed by atoms with Crippen LogP contribution in [0.15, 0.2) is 36.1 Å². The number of aliphatic hydroxyl groups excluding tert-OH is 7. The lowest BCUT2D eigenvalue weighted by Crippen LogP contribution is -2.60. The molecule has 0 aliphatic carbocycles. The number of aliphatic carboxylic acids is 1. The number of rotatable bonds is 10. The average molecular weight is 700 g/mol. The first-order chi connectivity index (χ1) is 23.2. The number of aliphatic hydroxyl groups is 8. The molecule has 0 bridgehead atoms. The number of carbonyl (C=O) groups excluding carboxylic acids is 1. The Labute approximate surface area is 275 Å². The maximum atomic E-state index is 11.8. The molecule has 3 aliphatic heterocycles. The van der Waals surface area contributed by atoms with Crippen LogP contribution in [0.3, 0.4) is 0 Å². The number of aromatic hydroxyl groups is 4. The van der Waals surface area contributed by atoms with Crippen LogP contribution in [-0.4, -0.2) is 147 Å². The molecule has 2 fully saturated rings. The summed E-state index contributed by atoms with van der Waals surface area (Å²) in [6, 6.07) is 5.95. The van der Waals surface area contributed by atoms with Crippen LogP contribution in [0, 0.1) is 0 Å². The van der Waals surface area contributed by atoms with Gasteiger partial charge in [0.2, 0.25) is 12.6 Å². The van der Waals surface area contributed by atoms with Gasteiger partial charge in [-0.3, -0.25) is 9.59 Å². The number of phenols is 3. The first-order valence-corrected chi connectivity index (χ1v) is 14.7. The molecule has 2 aromatic rings. The lowest BCUT2D eigenvalue weighted by molar-refractivity contribution is -0.296. The second-order valence-electron chi connectivity index (χ2n) is 11.4. The normalized spacial score (nSPS) is 32.6. The average Bonchev–Trinajstić information content (AvgIpc) is 3.05. The molecule has 0 radical (unpaired) electrons. The number of fused-ring (bicyclic) bond motifs is 1. The second-order valence-corrected chi connectivity index (χ2v) is 11.4. The lowest BCUT2D eigenvalue weighted by atomic mass is 9.98. The molecule has 11 atom stereocenters. The number of phenolic OH excluding ortho intramolecular Hbond substituents is 3. The fourth-order valence-electron chi connectivity index (χ4n) is 5.34.